The van der Waals surface area contributed by atoms with E-state index < -0.39 is 0 Å². The Hall–Kier alpha value is -1.66. The van der Waals surface area contributed by atoms with Gasteiger partial charge in [0.1, 0.15) is 0 Å². The first-order chi connectivity index (χ1) is 9.13. The third-order valence-electron chi connectivity index (χ3n) is 3.43. The molecule has 3 rings (SSSR count). The molecule has 1 saturated heterocycles. The second kappa shape index (κ2) is 4.79. The zero-order chi connectivity index (χ0) is 13.4. The lowest BCUT2D eigenvalue weighted by atomic mass is 10.1. The van der Waals surface area contributed by atoms with E-state index in [9.17, 15) is 0 Å². The minimum absolute atomic E-state index is 0.0158. The minimum atomic E-state index is 0.0158. The molecule has 1 aliphatic rings. The molecule has 2 atom stereocenters. The molecule has 2 unspecified atom stereocenters. The fourth-order valence-electron chi connectivity index (χ4n) is 2.28. The molecule has 19 heavy (non-hydrogen) atoms. The average Bonchev–Trinajstić information content (AvgIpc) is 2.81. The molecule has 0 bridgehead atoms. The normalized spacial score (nSPS) is 21.8. The highest BCUT2D eigenvalue weighted by Crippen LogP contribution is 2.16. The highest BCUT2D eigenvalue weighted by molar-refractivity contribution is 5.45. The van der Waals surface area contributed by atoms with Crippen molar-refractivity contribution >= 4 is 11.6 Å². The summed E-state index contributed by atoms with van der Waals surface area (Å²) in [7, 11) is 0. The maximum atomic E-state index is 5.90. The van der Waals surface area contributed by atoms with Crippen molar-refractivity contribution in [3.8, 4) is 0 Å². The van der Waals surface area contributed by atoms with Crippen molar-refractivity contribution in [1.82, 2.24) is 14.6 Å². The molecule has 0 radical (unpaired) electrons. The van der Waals surface area contributed by atoms with Crippen LogP contribution in [0.2, 0.25) is 0 Å². The maximum absolute atomic E-state index is 5.90. The van der Waals surface area contributed by atoms with Crippen molar-refractivity contribution in [3.63, 3.8) is 0 Å². The van der Waals surface area contributed by atoms with Crippen LogP contribution in [0.25, 0.3) is 5.65 Å². The van der Waals surface area contributed by atoms with E-state index in [2.05, 4.69) is 15.0 Å². The first-order valence-corrected chi connectivity index (χ1v) is 6.58. The van der Waals surface area contributed by atoms with E-state index >= 15 is 0 Å². The summed E-state index contributed by atoms with van der Waals surface area (Å²) < 4.78 is 7.48. The number of hydrogen-bond donors (Lipinski definition) is 1. The maximum Gasteiger partial charge on any atom is 0.245 e. The molecule has 6 heteroatoms. The van der Waals surface area contributed by atoms with Crippen LogP contribution in [0.15, 0.2) is 18.3 Å². The third kappa shape index (κ3) is 2.41. The van der Waals surface area contributed by atoms with Crippen LogP contribution in [0.4, 0.5) is 5.95 Å². The van der Waals surface area contributed by atoms with Crippen molar-refractivity contribution in [2.45, 2.75) is 26.0 Å². The quantitative estimate of drug-likeness (QED) is 0.857. The highest BCUT2D eigenvalue weighted by atomic mass is 16.5. The predicted octanol–water partition coefficient (Wildman–Crippen LogP) is 0.590. The zero-order valence-electron chi connectivity index (χ0n) is 11.3. The number of ether oxygens (including phenoxy) is 1. The highest BCUT2D eigenvalue weighted by Gasteiger charge is 2.25. The van der Waals surface area contributed by atoms with Gasteiger partial charge in [0.05, 0.1) is 12.7 Å². The summed E-state index contributed by atoms with van der Waals surface area (Å²) in [6, 6.07) is 4.04. The first-order valence-electron chi connectivity index (χ1n) is 6.58. The number of aryl methyl sites for hydroxylation is 1. The van der Waals surface area contributed by atoms with Gasteiger partial charge in [0.25, 0.3) is 0 Å². The van der Waals surface area contributed by atoms with E-state index in [1.54, 1.807) is 0 Å². The van der Waals surface area contributed by atoms with Crippen molar-refractivity contribution in [1.29, 1.82) is 0 Å². The molecule has 1 aliphatic heterocycles. The Bertz CT molecular complexity index is 579. The Balaban J connectivity index is 1.87. The molecule has 1 fully saturated rings. The van der Waals surface area contributed by atoms with Gasteiger partial charge in [-0.25, -0.2) is 4.52 Å². The summed E-state index contributed by atoms with van der Waals surface area (Å²) in [5.74, 6) is 0.750. The van der Waals surface area contributed by atoms with E-state index in [4.69, 9.17) is 10.5 Å². The van der Waals surface area contributed by atoms with Gasteiger partial charge in [-0.1, -0.05) is 6.07 Å². The Morgan fingerprint density at radius 3 is 3.11 bits per heavy atom. The summed E-state index contributed by atoms with van der Waals surface area (Å²) in [6.07, 6.45) is 2.03. The summed E-state index contributed by atoms with van der Waals surface area (Å²) in [5, 5.41) is 4.53. The second-order valence-corrected chi connectivity index (χ2v) is 5.14. The summed E-state index contributed by atoms with van der Waals surface area (Å²) >= 11 is 0. The number of fused-ring (bicyclic) bond motifs is 1. The van der Waals surface area contributed by atoms with E-state index in [0.717, 1.165) is 24.7 Å². The van der Waals surface area contributed by atoms with Crippen LogP contribution >= 0.6 is 0 Å². The molecule has 0 saturated carbocycles. The lowest BCUT2D eigenvalue weighted by molar-refractivity contribution is 0.0271. The van der Waals surface area contributed by atoms with Crippen LogP contribution in [0.5, 0.6) is 0 Å². The number of morpholine rings is 1. The van der Waals surface area contributed by atoms with Gasteiger partial charge < -0.3 is 15.4 Å². The topological polar surface area (TPSA) is 68.7 Å². The van der Waals surface area contributed by atoms with E-state index in [0.29, 0.717) is 6.61 Å². The number of aromatic nitrogens is 3. The molecule has 2 aromatic heterocycles. The Kier molecular flexibility index (Phi) is 3.12. The Morgan fingerprint density at radius 2 is 2.32 bits per heavy atom. The lowest BCUT2D eigenvalue weighted by Gasteiger charge is -2.33. The van der Waals surface area contributed by atoms with Crippen molar-refractivity contribution < 1.29 is 4.74 Å². The molecule has 3 heterocycles. The summed E-state index contributed by atoms with van der Waals surface area (Å²) in [5.41, 5.74) is 7.94. The number of anilines is 1. The third-order valence-corrected chi connectivity index (χ3v) is 3.43. The SMILES string of the molecule is Cc1ccc2nc(N3CCOC(C(C)N)C3)nn2c1. The molecule has 0 aliphatic carbocycles. The lowest BCUT2D eigenvalue weighted by Crippen LogP contribution is -2.50. The molecule has 2 N–H and O–H groups in total. The zero-order valence-corrected chi connectivity index (χ0v) is 11.3. The molecule has 2 aromatic rings. The van der Waals surface area contributed by atoms with Gasteiger partial charge in [-0.2, -0.15) is 4.98 Å². The van der Waals surface area contributed by atoms with Gasteiger partial charge in [-0.15, -0.1) is 5.10 Å². The standard InChI is InChI=1S/C13H19N5O/c1-9-3-4-12-15-13(16-18(12)7-9)17-5-6-19-11(8-17)10(2)14/h3-4,7,10-11H,5-6,8,14H2,1-2H3. The van der Waals surface area contributed by atoms with E-state index in [-0.39, 0.29) is 12.1 Å². The van der Waals surface area contributed by atoms with Crippen LogP contribution in [0, 0.1) is 6.92 Å². The number of hydrogen-bond acceptors (Lipinski definition) is 5. The van der Waals surface area contributed by atoms with Crippen LogP contribution < -0.4 is 10.6 Å². The number of nitrogens with zero attached hydrogens (tertiary/aromatic N) is 4. The van der Waals surface area contributed by atoms with Crippen molar-refractivity contribution in [2.75, 3.05) is 24.6 Å². The molecule has 0 aromatic carbocycles. The van der Waals surface area contributed by atoms with Crippen LogP contribution in [-0.2, 0) is 4.74 Å². The predicted molar refractivity (Wildman–Crippen MR) is 73.3 cm³/mol. The second-order valence-electron chi connectivity index (χ2n) is 5.14. The van der Waals surface area contributed by atoms with Gasteiger partial charge >= 0.3 is 0 Å². The van der Waals surface area contributed by atoms with Gasteiger partial charge in [0.2, 0.25) is 5.95 Å². The molecule has 102 valence electrons. The van der Waals surface area contributed by atoms with Crippen LogP contribution in [-0.4, -0.2) is 46.4 Å². The fraction of sp³-hybridized carbons (Fsp3) is 0.538. The largest absolute Gasteiger partial charge is 0.373 e. The summed E-state index contributed by atoms with van der Waals surface area (Å²) in [6.45, 7) is 6.23. The monoisotopic (exact) mass is 261 g/mol. The number of nitrogens with two attached hydrogens (primary N) is 1. The molecule has 6 nitrogen and oxygen atoms in total. The smallest absolute Gasteiger partial charge is 0.245 e. The molecular formula is C13H19N5O. The fourth-order valence-corrected chi connectivity index (χ4v) is 2.28. The van der Waals surface area contributed by atoms with Gasteiger partial charge in [0, 0.05) is 25.3 Å². The van der Waals surface area contributed by atoms with Crippen molar-refractivity contribution in [3.05, 3.63) is 23.9 Å². The molecule has 0 amide bonds. The van der Waals surface area contributed by atoms with Gasteiger partial charge in [-0.3, -0.25) is 0 Å². The Labute approximate surface area is 112 Å². The van der Waals surface area contributed by atoms with Crippen LogP contribution in [0.3, 0.4) is 0 Å². The van der Waals surface area contributed by atoms with Gasteiger partial charge in [0.15, 0.2) is 5.65 Å². The molecular weight excluding hydrogens is 242 g/mol. The van der Waals surface area contributed by atoms with E-state index in [1.165, 1.54) is 5.56 Å². The minimum Gasteiger partial charge on any atom is -0.373 e. The number of rotatable bonds is 2. The van der Waals surface area contributed by atoms with Gasteiger partial charge in [-0.05, 0) is 25.5 Å². The summed E-state index contributed by atoms with van der Waals surface area (Å²) in [4.78, 5) is 6.69. The Morgan fingerprint density at radius 1 is 1.47 bits per heavy atom. The van der Waals surface area contributed by atoms with Crippen molar-refractivity contribution in [2.24, 2.45) is 5.73 Å². The first kappa shape index (κ1) is 12.4. The average molecular weight is 261 g/mol. The molecule has 0 spiro atoms. The number of pyridine rings is 1. The van der Waals surface area contributed by atoms with Crippen LogP contribution in [0.1, 0.15) is 12.5 Å². The van der Waals surface area contributed by atoms with E-state index in [1.807, 2.05) is 36.7 Å².